The molecule has 0 unspecified atom stereocenters. The smallest absolute Gasteiger partial charge is 0.274 e. The molecule has 0 saturated carbocycles. The average molecular weight is 222 g/mol. The fourth-order valence-electron chi connectivity index (χ4n) is 1.69. The summed E-state index contributed by atoms with van der Waals surface area (Å²) in [4.78, 5) is 13.6. The first-order chi connectivity index (χ1) is 7.66. The molecule has 0 radical (unpaired) electrons. The molecule has 0 aromatic carbocycles. The number of aliphatic hydroxyl groups excluding tert-OH is 1. The van der Waals surface area contributed by atoms with E-state index in [1.54, 1.807) is 17.0 Å². The molecule has 3 N–H and O–H groups in total. The van der Waals surface area contributed by atoms with Crippen molar-refractivity contribution in [3.05, 3.63) is 17.8 Å². The van der Waals surface area contributed by atoms with Gasteiger partial charge in [-0.3, -0.25) is 4.79 Å². The molecule has 1 amide bonds. The maximum Gasteiger partial charge on any atom is 0.274 e. The van der Waals surface area contributed by atoms with Crippen LogP contribution in [0.2, 0.25) is 0 Å². The van der Waals surface area contributed by atoms with E-state index in [1.165, 1.54) is 0 Å². The van der Waals surface area contributed by atoms with Crippen LogP contribution in [-0.2, 0) is 0 Å². The van der Waals surface area contributed by atoms with Gasteiger partial charge in [0.1, 0.15) is 5.82 Å². The first kappa shape index (κ1) is 10.8. The van der Waals surface area contributed by atoms with Crippen molar-refractivity contribution in [1.82, 2.24) is 15.1 Å². The molecule has 1 saturated heterocycles. The van der Waals surface area contributed by atoms with Gasteiger partial charge in [0.05, 0.1) is 6.10 Å². The third-order valence-electron chi connectivity index (χ3n) is 2.66. The van der Waals surface area contributed by atoms with E-state index in [0.717, 1.165) is 0 Å². The van der Waals surface area contributed by atoms with Gasteiger partial charge in [-0.05, 0) is 25.0 Å². The molecule has 16 heavy (non-hydrogen) atoms. The molecule has 0 bridgehead atoms. The Morgan fingerprint density at radius 2 is 2.06 bits per heavy atom. The van der Waals surface area contributed by atoms with E-state index in [4.69, 9.17) is 5.73 Å². The summed E-state index contributed by atoms with van der Waals surface area (Å²) in [6, 6.07) is 3.12. The Kier molecular flexibility index (Phi) is 3.00. The summed E-state index contributed by atoms with van der Waals surface area (Å²) in [6.45, 7) is 1.12. The summed E-state index contributed by atoms with van der Waals surface area (Å²) in [5, 5.41) is 16.7. The average Bonchev–Trinajstić information content (AvgIpc) is 2.30. The lowest BCUT2D eigenvalue weighted by atomic mass is 10.1. The number of nitrogens with two attached hydrogens (primary N) is 1. The van der Waals surface area contributed by atoms with Gasteiger partial charge in [0.15, 0.2) is 5.69 Å². The van der Waals surface area contributed by atoms with E-state index in [2.05, 4.69) is 10.2 Å². The van der Waals surface area contributed by atoms with Crippen LogP contribution in [0.5, 0.6) is 0 Å². The predicted molar refractivity (Wildman–Crippen MR) is 57.6 cm³/mol. The minimum atomic E-state index is -0.290. The van der Waals surface area contributed by atoms with E-state index in [9.17, 15) is 9.90 Å². The van der Waals surface area contributed by atoms with Crippen molar-refractivity contribution in [2.24, 2.45) is 0 Å². The highest BCUT2D eigenvalue weighted by atomic mass is 16.3. The molecule has 86 valence electrons. The molecular formula is C10H14N4O2. The van der Waals surface area contributed by atoms with Crippen molar-refractivity contribution in [1.29, 1.82) is 0 Å². The molecular weight excluding hydrogens is 208 g/mol. The van der Waals surface area contributed by atoms with Crippen LogP contribution in [0.25, 0.3) is 0 Å². The zero-order valence-electron chi connectivity index (χ0n) is 8.83. The van der Waals surface area contributed by atoms with Gasteiger partial charge in [0.25, 0.3) is 5.91 Å². The number of carbonyl (C=O) groups excluding carboxylic acids is 1. The van der Waals surface area contributed by atoms with Crippen LogP contribution in [0.1, 0.15) is 23.3 Å². The van der Waals surface area contributed by atoms with Crippen molar-refractivity contribution in [2.75, 3.05) is 18.8 Å². The highest BCUT2D eigenvalue weighted by Crippen LogP contribution is 2.12. The quantitative estimate of drug-likeness (QED) is 0.678. The third kappa shape index (κ3) is 2.27. The minimum Gasteiger partial charge on any atom is -0.393 e. The number of nitrogens with zero attached hydrogens (tertiary/aromatic N) is 3. The van der Waals surface area contributed by atoms with E-state index in [0.29, 0.717) is 37.4 Å². The van der Waals surface area contributed by atoms with Crippen LogP contribution in [0, 0.1) is 0 Å². The lowest BCUT2D eigenvalue weighted by Crippen LogP contribution is -2.40. The molecule has 1 aromatic heterocycles. The van der Waals surface area contributed by atoms with Crippen LogP contribution in [0.3, 0.4) is 0 Å². The topological polar surface area (TPSA) is 92.3 Å². The Hall–Kier alpha value is -1.69. The van der Waals surface area contributed by atoms with Crippen molar-refractivity contribution in [2.45, 2.75) is 18.9 Å². The molecule has 1 aromatic rings. The Morgan fingerprint density at radius 3 is 2.62 bits per heavy atom. The van der Waals surface area contributed by atoms with Gasteiger partial charge < -0.3 is 15.7 Å². The Labute approximate surface area is 93.1 Å². The van der Waals surface area contributed by atoms with Crippen LogP contribution in [-0.4, -0.2) is 45.3 Å². The van der Waals surface area contributed by atoms with E-state index < -0.39 is 0 Å². The number of piperidine rings is 1. The molecule has 2 heterocycles. The minimum absolute atomic E-state index is 0.153. The molecule has 0 spiro atoms. The summed E-state index contributed by atoms with van der Waals surface area (Å²) >= 11 is 0. The van der Waals surface area contributed by atoms with Gasteiger partial charge in [-0.1, -0.05) is 0 Å². The molecule has 2 rings (SSSR count). The van der Waals surface area contributed by atoms with Gasteiger partial charge in [0.2, 0.25) is 0 Å². The second kappa shape index (κ2) is 4.44. The molecule has 6 heteroatoms. The Morgan fingerprint density at radius 1 is 1.38 bits per heavy atom. The zero-order valence-corrected chi connectivity index (χ0v) is 8.83. The maximum absolute atomic E-state index is 11.9. The van der Waals surface area contributed by atoms with E-state index in [-0.39, 0.29) is 12.0 Å². The fourth-order valence-corrected chi connectivity index (χ4v) is 1.69. The van der Waals surface area contributed by atoms with Gasteiger partial charge >= 0.3 is 0 Å². The van der Waals surface area contributed by atoms with Crippen LogP contribution in [0.4, 0.5) is 5.82 Å². The largest absolute Gasteiger partial charge is 0.393 e. The number of carbonyl (C=O) groups is 1. The third-order valence-corrected chi connectivity index (χ3v) is 2.66. The van der Waals surface area contributed by atoms with E-state index in [1.807, 2.05) is 0 Å². The van der Waals surface area contributed by atoms with Crippen molar-refractivity contribution >= 4 is 11.7 Å². The number of anilines is 1. The normalized spacial score (nSPS) is 17.4. The molecule has 1 aliphatic heterocycles. The van der Waals surface area contributed by atoms with Gasteiger partial charge in [-0.15, -0.1) is 10.2 Å². The van der Waals surface area contributed by atoms with Crippen molar-refractivity contribution < 1.29 is 9.90 Å². The zero-order chi connectivity index (χ0) is 11.5. The number of rotatable bonds is 1. The number of hydrogen-bond donors (Lipinski definition) is 2. The van der Waals surface area contributed by atoms with Gasteiger partial charge in [-0.25, -0.2) is 0 Å². The highest BCUT2D eigenvalue weighted by Gasteiger charge is 2.23. The maximum atomic E-state index is 11.9. The van der Waals surface area contributed by atoms with E-state index >= 15 is 0 Å². The second-order valence-electron chi connectivity index (χ2n) is 3.87. The Balaban J connectivity index is 2.05. The summed E-state index contributed by atoms with van der Waals surface area (Å²) in [5.41, 5.74) is 5.69. The standard InChI is InChI=1S/C10H14N4O2/c11-9-2-1-8(12-13-9)10(16)14-5-3-7(15)4-6-14/h1-2,7,15H,3-6H2,(H2,11,13). The summed E-state index contributed by atoms with van der Waals surface area (Å²) in [5.74, 6) is 0.144. The first-order valence-corrected chi connectivity index (χ1v) is 5.23. The second-order valence-corrected chi connectivity index (χ2v) is 3.87. The number of hydrogen-bond acceptors (Lipinski definition) is 5. The number of aromatic nitrogens is 2. The fraction of sp³-hybridized carbons (Fsp3) is 0.500. The van der Waals surface area contributed by atoms with Crippen molar-refractivity contribution in [3.63, 3.8) is 0 Å². The predicted octanol–water partition coefficient (Wildman–Crippen LogP) is -0.344. The highest BCUT2D eigenvalue weighted by molar-refractivity contribution is 5.92. The SMILES string of the molecule is Nc1ccc(C(=O)N2CCC(O)CC2)nn1. The monoisotopic (exact) mass is 222 g/mol. The lowest BCUT2D eigenvalue weighted by molar-refractivity contribution is 0.0540. The number of aliphatic hydroxyl groups is 1. The number of amides is 1. The van der Waals surface area contributed by atoms with Crippen LogP contribution in [0.15, 0.2) is 12.1 Å². The summed E-state index contributed by atoms with van der Waals surface area (Å²) < 4.78 is 0. The van der Waals surface area contributed by atoms with Crippen LogP contribution >= 0.6 is 0 Å². The van der Waals surface area contributed by atoms with Gasteiger partial charge in [0, 0.05) is 13.1 Å². The number of likely N-dealkylation sites (tertiary alicyclic amines) is 1. The molecule has 1 aliphatic rings. The van der Waals surface area contributed by atoms with Gasteiger partial charge in [-0.2, -0.15) is 0 Å². The molecule has 6 nitrogen and oxygen atoms in total. The summed E-state index contributed by atoms with van der Waals surface area (Å²) in [6.07, 6.45) is 0.948. The molecule has 0 atom stereocenters. The van der Waals surface area contributed by atoms with Crippen molar-refractivity contribution in [3.8, 4) is 0 Å². The Bertz CT molecular complexity index is 371. The number of nitrogen functional groups attached to an aromatic ring is 1. The first-order valence-electron chi connectivity index (χ1n) is 5.23. The van der Waals surface area contributed by atoms with Crippen LogP contribution < -0.4 is 5.73 Å². The molecule has 1 fully saturated rings. The summed E-state index contributed by atoms with van der Waals surface area (Å²) in [7, 11) is 0. The molecule has 0 aliphatic carbocycles. The lowest BCUT2D eigenvalue weighted by Gasteiger charge is -2.29.